The standard InChI is InChI=1S/C23H23N3O4/c1-29-20-10-7-17(13-21(20)30-2)19-9-11-23(28)26(25-19)14-22(27)24-18-8-6-15-4-3-5-16(15)12-18/h6-13H,3-5,14H2,1-2H3,(H,24,27). The molecule has 1 aliphatic rings. The Morgan fingerprint density at radius 2 is 1.80 bits per heavy atom. The normalized spacial score (nSPS) is 12.3. The fourth-order valence-electron chi connectivity index (χ4n) is 3.70. The van der Waals surface area contributed by atoms with Crippen molar-refractivity contribution in [2.75, 3.05) is 19.5 Å². The smallest absolute Gasteiger partial charge is 0.267 e. The van der Waals surface area contributed by atoms with Gasteiger partial charge in [-0.3, -0.25) is 9.59 Å². The summed E-state index contributed by atoms with van der Waals surface area (Å²) in [6.07, 6.45) is 3.27. The van der Waals surface area contributed by atoms with E-state index in [1.54, 1.807) is 32.4 Å². The highest BCUT2D eigenvalue weighted by molar-refractivity contribution is 5.90. The maximum absolute atomic E-state index is 12.5. The highest BCUT2D eigenvalue weighted by Crippen LogP contribution is 2.31. The molecule has 0 atom stereocenters. The van der Waals surface area contributed by atoms with Crippen LogP contribution in [0.4, 0.5) is 5.69 Å². The van der Waals surface area contributed by atoms with Crippen LogP contribution in [-0.4, -0.2) is 29.9 Å². The highest BCUT2D eigenvalue weighted by Gasteiger charge is 2.13. The van der Waals surface area contributed by atoms with Gasteiger partial charge in [0.15, 0.2) is 11.5 Å². The van der Waals surface area contributed by atoms with E-state index in [0.717, 1.165) is 35.2 Å². The molecule has 0 fully saturated rings. The molecule has 1 amide bonds. The second kappa shape index (κ2) is 8.41. The number of methoxy groups -OCH3 is 2. The fourth-order valence-corrected chi connectivity index (χ4v) is 3.70. The van der Waals surface area contributed by atoms with Crippen LogP contribution < -0.4 is 20.3 Å². The van der Waals surface area contributed by atoms with Crippen molar-refractivity contribution in [3.63, 3.8) is 0 Å². The predicted octanol–water partition coefficient (Wildman–Crippen LogP) is 3.05. The minimum atomic E-state index is -0.344. The van der Waals surface area contributed by atoms with Gasteiger partial charge in [-0.05, 0) is 66.8 Å². The van der Waals surface area contributed by atoms with Crippen LogP contribution in [0.3, 0.4) is 0 Å². The average molecular weight is 405 g/mol. The lowest BCUT2D eigenvalue weighted by Crippen LogP contribution is -2.29. The summed E-state index contributed by atoms with van der Waals surface area (Å²) >= 11 is 0. The lowest BCUT2D eigenvalue weighted by atomic mass is 10.1. The van der Waals surface area contributed by atoms with Gasteiger partial charge < -0.3 is 14.8 Å². The first-order chi connectivity index (χ1) is 14.6. The number of carbonyl (C=O) groups excluding carboxylic acids is 1. The van der Waals surface area contributed by atoms with E-state index in [1.807, 2.05) is 18.2 Å². The number of hydrogen-bond acceptors (Lipinski definition) is 5. The molecule has 1 N–H and O–H groups in total. The molecule has 0 spiro atoms. The molecule has 2 aromatic carbocycles. The molecule has 154 valence electrons. The number of amides is 1. The van der Waals surface area contributed by atoms with Gasteiger partial charge in [-0.1, -0.05) is 6.07 Å². The van der Waals surface area contributed by atoms with Crippen LogP contribution in [0.25, 0.3) is 11.3 Å². The molecule has 7 heteroatoms. The van der Waals surface area contributed by atoms with Gasteiger partial charge in [0, 0.05) is 17.3 Å². The van der Waals surface area contributed by atoms with Crippen molar-refractivity contribution < 1.29 is 14.3 Å². The molecule has 1 heterocycles. The van der Waals surface area contributed by atoms with Gasteiger partial charge in [-0.2, -0.15) is 5.10 Å². The quantitative estimate of drug-likeness (QED) is 0.682. The SMILES string of the molecule is COc1ccc(-c2ccc(=O)n(CC(=O)Nc3ccc4c(c3)CCC4)n2)cc1OC. The minimum Gasteiger partial charge on any atom is -0.493 e. The van der Waals surface area contributed by atoms with E-state index in [4.69, 9.17) is 9.47 Å². The van der Waals surface area contributed by atoms with Gasteiger partial charge in [-0.25, -0.2) is 4.68 Å². The van der Waals surface area contributed by atoms with Crippen LogP contribution in [0.1, 0.15) is 17.5 Å². The molecule has 1 aromatic heterocycles. The molecule has 0 saturated heterocycles. The second-order valence-electron chi connectivity index (χ2n) is 7.17. The van der Waals surface area contributed by atoms with Gasteiger partial charge in [0.25, 0.3) is 5.56 Å². The number of anilines is 1. The third-order valence-corrected chi connectivity index (χ3v) is 5.22. The largest absolute Gasteiger partial charge is 0.493 e. The Labute approximate surface area is 174 Å². The van der Waals surface area contributed by atoms with E-state index in [0.29, 0.717) is 17.2 Å². The molecule has 0 bridgehead atoms. The van der Waals surface area contributed by atoms with Crippen molar-refractivity contribution in [1.82, 2.24) is 9.78 Å². The molecule has 30 heavy (non-hydrogen) atoms. The lowest BCUT2D eigenvalue weighted by Gasteiger charge is -2.11. The van der Waals surface area contributed by atoms with E-state index in [2.05, 4.69) is 16.5 Å². The van der Waals surface area contributed by atoms with Crippen LogP contribution >= 0.6 is 0 Å². The zero-order chi connectivity index (χ0) is 21.1. The van der Waals surface area contributed by atoms with E-state index in [1.165, 1.54) is 17.2 Å². The zero-order valence-corrected chi connectivity index (χ0v) is 17.0. The van der Waals surface area contributed by atoms with Gasteiger partial charge in [0.1, 0.15) is 6.54 Å². The Morgan fingerprint density at radius 1 is 1.00 bits per heavy atom. The second-order valence-corrected chi connectivity index (χ2v) is 7.17. The average Bonchev–Trinajstić information content (AvgIpc) is 3.22. The molecular weight excluding hydrogens is 382 g/mol. The summed E-state index contributed by atoms with van der Waals surface area (Å²) in [5.41, 5.74) is 4.32. The number of nitrogens with one attached hydrogen (secondary N) is 1. The summed E-state index contributed by atoms with van der Waals surface area (Å²) in [4.78, 5) is 24.8. The predicted molar refractivity (Wildman–Crippen MR) is 114 cm³/mol. The monoisotopic (exact) mass is 405 g/mol. The number of nitrogens with zero attached hydrogens (tertiary/aromatic N) is 2. The third-order valence-electron chi connectivity index (χ3n) is 5.22. The van der Waals surface area contributed by atoms with Crippen molar-refractivity contribution in [2.24, 2.45) is 0 Å². The first-order valence-corrected chi connectivity index (χ1v) is 9.79. The summed E-state index contributed by atoms with van der Waals surface area (Å²) in [5.74, 6) is 0.860. The van der Waals surface area contributed by atoms with Crippen LogP contribution in [0.5, 0.6) is 11.5 Å². The topological polar surface area (TPSA) is 82.5 Å². The highest BCUT2D eigenvalue weighted by atomic mass is 16.5. The number of aryl methyl sites for hydroxylation is 2. The lowest BCUT2D eigenvalue weighted by molar-refractivity contribution is -0.117. The van der Waals surface area contributed by atoms with E-state index < -0.39 is 0 Å². The molecule has 4 rings (SSSR count). The van der Waals surface area contributed by atoms with Crippen LogP contribution in [0.2, 0.25) is 0 Å². The number of benzene rings is 2. The Balaban J connectivity index is 1.53. The molecule has 0 aliphatic heterocycles. The van der Waals surface area contributed by atoms with Crippen LogP contribution in [-0.2, 0) is 24.2 Å². The Kier molecular flexibility index (Phi) is 5.52. The maximum atomic E-state index is 12.5. The minimum absolute atomic E-state index is 0.170. The third kappa shape index (κ3) is 4.05. The van der Waals surface area contributed by atoms with Gasteiger partial charge in [-0.15, -0.1) is 0 Å². The molecular formula is C23H23N3O4. The summed E-state index contributed by atoms with van der Waals surface area (Å²) in [5, 5.41) is 7.22. The first-order valence-electron chi connectivity index (χ1n) is 9.79. The number of ether oxygens (including phenoxy) is 2. The Morgan fingerprint density at radius 3 is 2.60 bits per heavy atom. The summed E-state index contributed by atoms with van der Waals surface area (Å²) < 4.78 is 11.7. The summed E-state index contributed by atoms with van der Waals surface area (Å²) in [7, 11) is 3.12. The molecule has 1 aliphatic carbocycles. The maximum Gasteiger partial charge on any atom is 0.267 e. The summed E-state index contributed by atoms with van der Waals surface area (Å²) in [6.45, 7) is -0.170. The molecule has 0 saturated carbocycles. The van der Waals surface area contributed by atoms with Crippen LogP contribution in [0.15, 0.2) is 53.3 Å². The van der Waals surface area contributed by atoms with E-state index in [9.17, 15) is 9.59 Å². The van der Waals surface area contributed by atoms with Gasteiger partial charge in [0.2, 0.25) is 5.91 Å². The van der Waals surface area contributed by atoms with Crippen molar-refractivity contribution >= 4 is 11.6 Å². The first kappa shape index (κ1) is 19.7. The van der Waals surface area contributed by atoms with Crippen molar-refractivity contribution in [2.45, 2.75) is 25.8 Å². The van der Waals surface area contributed by atoms with Crippen molar-refractivity contribution in [1.29, 1.82) is 0 Å². The molecule has 7 nitrogen and oxygen atoms in total. The molecule has 0 radical (unpaired) electrons. The molecule has 3 aromatic rings. The number of aromatic nitrogens is 2. The Hall–Kier alpha value is -3.61. The summed E-state index contributed by atoms with van der Waals surface area (Å²) in [6, 6.07) is 14.4. The van der Waals surface area contributed by atoms with Gasteiger partial charge in [0.05, 0.1) is 19.9 Å². The van der Waals surface area contributed by atoms with Crippen molar-refractivity contribution in [3.8, 4) is 22.8 Å². The van der Waals surface area contributed by atoms with E-state index in [-0.39, 0.29) is 18.0 Å². The van der Waals surface area contributed by atoms with Gasteiger partial charge >= 0.3 is 0 Å². The van der Waals surface area contributed by atoms with Crippen molar-refractivity contribution in [3.05, 3.63) is 70.0 Å². The Bertz CT molecular complexity index is 1150. The van der Waals surface area contributed by atoms with Crippen LogP contribution in [0, 0.1) is 0 Å². The number of carbonyl (C=O) groups is 1. The fraction of sp³-hybridized carbons (Fsp3) is 0.261. The number of rotatable bonds is 6. The zero-order valence-electron chi connectivity index (χ0n) is 17.0. The van der Waals surface area contributed by atoms with E-state index >= 15 is 0 Å². The molecule has 0 unspecified atom stereocenters. The number of hydrogen-bond donors (Lipinski definition) is 1. The number of fused-ring (bicyclic) bond motifs is 1.